The normalized spacial score (nSPS) is 12.5. The Morgan fingerprint density at radius 1 is 0.862 bits per heavy atom. The molecule has 2 nitrogen and oxygen atoms in total. The molecule has 0 N–H and O–H groups in total. The third-order valence-corrected chi connectivity index (χ3v) is 11.6. The molecule has 156 valence electrons. The maximum Gasteiger partial charge on any atom is 0.416 e. The smallest absolute Gasteiger partial charge is 0.416 e. The van der Waals surface area contributed by atoms with Crippen LogP contribution in [0.2, 0.25) is 16.6 Å². The third kappa shape index (κ3) is 4.67. The van der Waals surface area contributed by atoms with Crippen molar-refractivity contribution in [1.29, 1.82) is 5.26 Å². The molecule has 0 radical (unpaired) electrons. The number of benzene rings is 2. The minimum absolute atomic E-state index is 0.210. The molecule has 0 saturated heterocycles. The molecule has 0 amide bonds. The molecule has 0 saturated carbocycles. The monoisotopic (exact) mass is 419 g/mol. The topological polar surface area (TPSA) is 33.0 Å². The molecule has 0 aliphatic carbocycles. The lowest BCUT2D eigenvalue weighted by Gasteiger charge is -2.42. The van der Waals surface area contributed by atoms with Crippen LogP contribution in [0.1, 0.15) is 52.7 Å². The van der Waals surface area contributed by atoms with Gasteiger partial charge in [-0.3, -0.25) is 0 Å². The first kappa shape index (κ1) is 23.0. The highest BCUT2D eigenvalue weighted by Crippen LogP contribution is 2.43. The second-order valence-corrected chi connectivity index (χ2v) is 13.7. The Morgan fingerprint density at radius 3 is 1.79 bits per heavy atom. The highest BCUT2D eigenvalue weighted by molar-refractivity contribution is 6.78. The molecule has 0 aliphatic rings. The Bertz CT molecular complexity index is 859. The maximum atomic E-state index is 13.1. The van der Waals surface area contributed by atoms with Crippen molar-refractivity contribution in [2.45, 2.75) is 64.3 Å². The first-order valence-electron chi connectivity index (χ1n) is 9.84. The van der Waals surface area contributed by atoms with E-state index in [1.165, 1.54) is 6.07 Å². The molecule has 29 heavy (non-hydrogen) atoms. The van der Waals surface area contributed by atoms with Crippen molar-refractivity contribution in [2.24, 2.45) is 0 Å². The van der Waals surface area contributed by atoms with Gasteiger partial charge in [0.15, 0.2) is 0 Å². The summed E-state index contributed by atoms with van der Waals surface area (Å²) in [6.45, 7) is 13.2. The Kier molecular flexibility index (Phi) is 6.84. The van der Waals surface area contributed by atoms with E-state index in [2.05, 4.69) is 41.5 Å². The van der Waals surface area contributed by atoms with Gasteiger partial charge in [-0.2, -0.15) is 18.4 Å². The van der Waals surface area contributed by atoms with Gasteiger partial charge in [-0.15, -0.1) is 0 Å². The van der Waals surface area contributed by atoms with Gasteiger partial charge in [-0.1, -0.05) is 53.7 Å². The summed E-state index contributed by atoms with van der Waals surface area (Å²) in [5.74, 6) is 0.724. The Balaban J connectivity index is 2.44. The molecule has 0 fully saturated rings. The van der Waals surface area contributed by atoms with Gasteiger partial charge >= 0.3 is 6.18 Å². The number of rotatable bonds is 6. The Morgan fingerprint density at radius 2 is 1.38 bits per heavy atom. The van der Waals surface area contributed by atoms with Crippen molar-refractivity contribution in [3.05, 3.63) is 53.6 Å². The number of hydrogen-bond acceptors (Lipinski definition) is 2. The molecule has 0 spiro atoms. The Labute approximate surface area is 172 Å². The predicted octanol–water partition coefficient (Wildman–Crippen LogP) is 7.80. The van der Waals surface area contributed by atoms with E-state index in [-0.39, 0.29) is 11.1 Å². The van der Waals surface area contributed by atoms with Gasteiger partial charge in [0.2, 0.25) is 0 Å². The average Bonchev–Trinajstić information content (AvgIpc) is 2.64. The van der Waals surface area contributed by atoms with Crippen molar-refractivity contribution < 1.29 is 17.6 Å². The van der Waals surface area contributed by atoms with Gasteiger partial charge in [0, 0.05) is 5.56 Å². The molecule has 6 heteroatoms. The third-order valence-electron chi connectivity index (χ3n) is 5.63. The van der Waals surface area contributed by atoms with E-state index in [4.69, 9.17) is 4.43 Å². The van der Waals surface area contributed by atoms with Gasteiger partial charge in [0.25, 0.3) is 8.32 Å². The SMILES string of the molecule is CC(C)[Si](Oc1ccc(-c2cc(C(F)(F)F)ccc2C#N)cc1)(C(C)C)C(C)C. The van der Waals surface area contributed by atoms with Crippen LogP contribution in [0.25, 0.3) is 11.1 Å². The lowest BCUT2D eigenvalue weighted by Crippen LogP contribution is -2.50. The van der Waals surface area contributed by atoms with Gasteiger partial charge < -0.3 is 4.43 Å². The molecule has 2 aromatic rings. The standard InChI is InChI=1S/C23H28F3NOSi/c1-15(2)29(16(3)4,17(5)6)28-21-11-8-18(9-12-21)22-13-20(23(24,25)26)10-7-19(22)14-27/h7-13,15-17H,1-6H3. The summed E-state index contributed by atoms with van der Waals surface area (Å²) in [5.41, 5.74) is 1.52. The average molecular weight is 420 g/mol. The van der Waals surface area contributed by atoms with Crippen LogP contribution in [0.15, 0.2) is 42.5 Å². The van der Waals surface area contributed by atoms with E-state index in [1.54, 1.807) is 24.3 Å². The fourth-order valence-corrected chi connectivity index (χ4v) is 9.57. The summed E-state index contributed by atoms with van der Waals surface area (Å²) in [7, 11) is -2.12. The summed E-state index contributed by atoms with van der Waals surface area (Å²) in [6.07, 6.45) is -4.46. The largest absolute Gasteiger partial charge is 0.543 e. The van der Waals surface area contributed by atoms with Crippen molar-refractivity contribution in [3.8, 4) is 22.9 Å². The summed E-state index contributed by atoms with van der Waals surface area (Å²) in [5, 5.41) is 9.31. The maximum absolute atomic E-state index is 13.1. The molecule has 2 aromatic carbocycles. The van der Waals surface area contributed by atoms with Crippen molar-refractivity contribution >= 4 is 8.32 Å². The fourth-order valence-electron chi connectivity index (χ4n) is 4.32. The fraction of sp³-hybridized carbons (Fsp3) is 0.435. The van der Waals surface area contributed by atoms with Gasteiger partial charge in [0.1, 0.15) is 5.75 Å². The molecular weight excluding hydrogens is 391 g/mol. The van der Waals surface area contributed by atoms with E-state index in [9.17, 15) is 18.4 Å². The van der Waals surface area contributed by atoms with Crippen LogP contribution in [0.5, 0.6) is 5.75 Å². The molecule has 0 aliphatic heterocycles. The molecule has 0 atom stereocenters. The molecule has 2 rings (SSSR count). The van der Waals surface area contributed by atoms with Crippen molar-refractivity contribution in [1.82, 2.24) is 0 Å². The lowest BCUT2D eigenvalue weighted by molar-refractivity contribution is -0.137. The first-order chi connectivity index (χ1) is 13.4. The minimum atomic E-state index is -4.46. The van der Waals surface area contributed by atoms with E-state index in [0.29, 0.717) is 22.2 Å². The summed E-state index contributed by atoms with van der Waals surface area (Å²) < 4.78 is 45.9. The van der Waals surface area contributed by atoms with Gasteiger partial charge in [-0.25, -0.2) is 0 Å². The van der Waals surface area contributed by atoms with Crippen molar-refractivity contribution in [2.75, 3.05) is 0 Å². The quantitative estimate of drug-likeness (QED) is 0.448. The Hall–Kier alpha value is -2.26. The second-order valence-electron chi connectivity index (χ2n) is 8.31. The first-order valence-corrected chi connectivity index (χ1v) is 12.0. The number of hydrogen-bond donors (Lipinski definition) is 0. The molecule has 0 heterocycles. The molecule has 0 bridgehead atoms. The second kappa shape index (κ2) is 8.62. The summed E-state index contributed by atoms with van der Waals surface area (Å²) in [6, 6.07) is 12.2. The van der Waals surface area contributed by atoms with Crippen LogP contribution >= 0.6 is 0 Å². The van der Waals surface area contributed by atoms with Crippen LogP contribution in [0.3, 0.4) is 0 Å². The van der Waals surface area contributed by atoms with Crippen LogP contribution in [-0.4, -0.2) is 8.32 Å². The van der Waals surface area contributed by atoms with E-state index < -0.39 is 20.1 Å². The van der Waals surface area contributed by atoms with Gasteiger partial charge in [-0.05, 0) is 52.5 Å². The number of nitrogens with zero attached hydrogens (tertiary/aromatic N) is 1. The minimum Gasteiger partial charge on any atom is -0.543 e. The van der Waals surface area contributed by atoms with Crippen LogP contribution in [0.4, 0.5) is 13.2 Å². The van der Waals surface area contributed by atoms with Crippen LogP contribution in [-0.2, 0) is 6.18 Å². The highest BCUT2D eigenvalue weighted by atomic mass is 28.4. The van der Waals surface area contributed by atoms with E-state index in [1.807, 2.05) is 6.07 Å². The number of nitriles is 1. The highest BCUT2D eigenvalue weighted by Gasteiger charge is 2.47. The van der Waals surface area contributed by atoms with Crippen LogP contribution in [0, 0.1) is 11.3 Å². The zero-order valence-corrected chi connectivity index (χ0v) is 18.8. The van der Waals surface area contributed by atoms with Gasteiger partial charge in [0.05, 0.1) is 17.2 Å². The zero-order chi connectivity index (χ0) is 22.0. The summed E-state index contributed by atoms with van der Waals surface area (Å²) in [4.78, 5) is 0. The predicted molar refractivity (Wildman–Crippen MR) is 113 cm³/mol. The van der Waals surface area contributed by atoms with E-state index in [0.717, 1.165) is 17.9 Å². The summed E-state index contributed by atoms with van der Waals surface area (Å²) >= 11 is 0. The zero-order valence-electron chi connectivity index (χ0n) is 17.8. The number of alkyl halides is 3. The number of halogens is 3. The molecule has 0 unspecified atom stereocenters. The van der Waals surface area contributed by atoms with Crippen LogP contribution < -0.4 is 4.43 Å². The molecule has 0 aromatic heterocycles. The molecular formula is C23H28F3NOSi. The lowest BCUT2D eigenvalue weighted by atomic mass is 9.97. The van der Waals surface area contributed by atoms with Crippen molar-refractivity contribution in [3.63, 3.8) is 0 Å². The van der Waals surface area contributed by atoms with E-state index >= 15 is 0 Å².